The Morgan fingerprint density at radius 3 is 2.60 bits per heavy atom. The first-order valence-electron chi connectivity index (χ1n) is 10.2. The second-order valence-electron chi connectivity index (χ2n) is 8.96. The number of nitrogens with zero attached hydrogens (tertiary/aromatic N) is 1. The Hall–Kier alpha value is -3.22. The van der Waals surface area contributed by atoms with E-state index in [1.54, 1.807) is 10.7 Å². The fraction of sp³-hybridized carbons (Fsp3) is 0.348. The second-order valence-corrected chi connectivity index (χ2v) is 8.96. The van der Waals surface area contributed by atoms with Crippen LogP contribution in [0.5, 0.6) is 11.5 Å². The molecular formula is C23H22FN3O3. The van der Waals surface area contributed by atoms with Gasteiger partial charge in [0.05, 0.1) is 16.6 Å². The summed E-state index contributed by atoms with van der Waals surface area (Å²) in [7, 11) is 0. The van der Waals surface area contributed by atoms with Gasteiger partial charge in [-0.2, -0.15) is 0 Å². The standard InChI is InChI=1S/C23H22FN3O3/c1-22(4-5-22)20-9-13-8-16(15(24)11-17(13)27(20)25)26-21(28)23(6-7-23)14-2-3-18-19(10-14)30-12-29-18/h2-3,8-11H,4-7,12,25H2,1H3,(H,26,28). The van der Waals surface area contributed by atoms with Gasteiger partial charge in [0.2, 0.25) is 12.7 Å². The molecule has 0 saturated heterocycles. The highest BCUT2D eigenvalue weighted by Crippen LogP contribution is 2.51. The Balaban J connectivity index is 1.32. The first-order chi connectivity index (χ1) is 14.4. The van der Waals surface area contributed by atoms with Crippen LogP contribution in [0.4, 0.5) is 10.1 Å². The van der Waals surface area contributed by atoms with Crippen LogP contribution >= 0.6 is 0 Å². The highest BCUT2D eigenvalue weighted by molar-refractivity contribution is 6.02. The number of rotatable bonds is 4. The lowest BCUT2D eigenvalue weighted by Gasteiger charge is -2.17. The van der Waals surface area contributed by atoms with Gasteiger partial charge in [0.1, 0.15) is 5.82 Å². The number of anilines is 1. The molecule has 1 aromatic heterocycles. The quantitative estimate of drug-likeness (QED) is 0.642. The Labute approximate surface area is 172 Å². The van der Waals surface area contributed by atoms with Crippen LogP contribution in [-0.2, 0) is 15.6 Å². The van der Waals surface area contributed by atoms with E-state index < -0.39 is 11.2 Å². The largest absolute Gasteiger partial charge is 0.454 e. The number of fused-ring (bicyclic) bond motifs is 2. The maximum Gasteiger partial charge on any atom is 0.235 e. The van der Waals surface area contributed by atoms with Crippen LogP contribution in [0.3, 0.4) is 0 Å². The van der Waals surface area contributed by atoms with E-state index in [0.717, 1.165) is 29.5 Å². The van der Waals surface area contributed by atoms with Crippen molar-refractivity contribution in [1.82, 2.24) is 4.68 Å². The summed E-state index contributed by atoms with van der Waals surface area (Å²) in [5.41, 5.74) is 2.07. The number of carbonyl (C=O) groups excluding carboxylic acids is 1. The zero-order chi connectivity index (χ0) is 20.7. The minimum absolute atomic E-state index is 0.0606. The number of carbonyl (C=O) groups is 1. The fourth-order valence-corrected chi connectivity index (χ4v) is 4.46. The summed E-state index contributed by atoms with van der Waals surface area (Å²) in [6, 6.07) is 10.6. The van der Waals surface area contributed by atoms with Gasteiger partial charge in [-0.15, -0.1) is 0 Å². The molecule has 2 aromatic carbocycles. The number of amides is 1. The third kappa shape index (κ3) is 2.44. The lowest BCUT2D eigenvalue weighted by Crippen LogP contribution is -2.28. The van der Waals surface area contributed by atoms with Crippen molar-refractivity contribution in [1.29, 1.82) is 0 Å². The maximum absolute atomic E-state index is 14.9. The molecule has 1 aliphatic heterocycles. The highest BCUT2D eigenvalue weighted by atomic mass is 19.1. The zero-order valence-electron chi connectivity index (χ0n) is 16.6. The van der Waals surface area contributed by atoms with Gasteiger partial charge < -0.3 is 20.6 Å². The van der Waals surface area contributed by atoms with Gasteiger partial charge in [-0.05, 0) is 55.5 Å². The van der Waals surface area contributed by atoms with Gasteiger partial charge in [-0.3, -0.25) is 9.47 Å². The van der Waals surface area contributed by atoms with E-state index in [1.165, 1.54) is 6.07 Å². The van der Waals surface area contributed by atoms with Crippen molar-refractivity contribution in [2.24, 2.45) is 0 Å². The van der Waals surface area contributed by atoms with Crippen LogP contribution in [0, 0.1) is 5.82 Å². The molecule has 6 nitrogen and oxygen atoms in total. The summed E-state index contributed by atoms with van der Waals surface area (Å²) in [4.78, 5) is 13.1. The maximum atomic E-state index is 14.9. The number of hydrogen-bond donors (Lipinski definition) is 2. The van der Waals surface area contributed by atoms with Crippen molar-refractivity contribution in [3.05, 3.63) is 53.5 Å². The first-order valence-corrected chi connectivity index (χ1v) is 10.2. The summed E-state index contributed by atoms with van der Waals surface area (Å²) in [6.07, 6.45) is 3.57. The molecule has 154 valence electrons. The highest BCUT2D eigenvalue weighted by Gasteiger charge is 2.52. The Bertz CT molecular complexity index is 1220. The minimum atomic E-state index is -0.658. The Kier molecular flexibility index (Phi) is 3.34. The van der Waals surface area contributed by atoms with Crippen molar-refractivity contribution in [3.8, 4) is 11.5 Å². The lowest BCUT2D eigenvalue weighted by molar-refractivity contribution is -0.118. The normalized spacial score (nSPS) is 19.7. The third-order valence-electron chi connectivity index (χ3n) is 6.90. The summed E-state index contributed by atoms with van der Waals surface area (Å²) in [6.45, 7) is 2.34. The van der Waals surface area contributed by atoms with Crippen molar-refractivity contribution >= 4 is 22.5 Å². The lowest BCUT2D eigenvalue weighted by atomic mass is 9.94. The van der Waals surface area contributed by atoms with Crippen molar-refractivity contribution in [3.63, 3.8) is 0 Å². The van der Waals surface area contributed by atoms with Gasteiger partial charge in [0.25, 0.3) is 0 Å². The van der Waals surface area contributed by atoms with Crippen LogP contribution in [-0.4, -0.2) is 17.4 Å². The number of hydrogen-bond acceptors (Lipinski definition) is 4. The average Bonchev–Trinajstić information content (AvgIpc) is 3.61. The molecule has 0 atom stereocenters. The smallest absolute Gasteiger partial charge is 0.235 e. The Morgan fingerprint density at radius 1 is 1.10 bits per heavy atom. The molecule has 0 spiro atoms. The minimum Gasteiger partial charge on any atom is -0.454 e. The molecule has 30 heavy (non-hydrogen) atoms. The molecule has 2 fully saturated rings. The SMILES string of the molecule is CC1(c2cc3cc(NC(=O)C4(c5ccc6c(c5)OCO6)CC4)c(F)cc3n2N)CC1. The van der Waals surface area contributed by atoms with E-state index in [0.29, 0.717) is 29.9 Å². The van der Waals surface area contributed by atoms with Crippen molar-refractivity contribution < 1.29 is 18.7 Å². The number of aromatic nitrogens is 1. The average molecular weight is 407 g/mol. The summed E-state index contributed by atoms with van der Waals surface area (Å²) < 4.78 is 27.2. The molecule has 6 rings (SSSR count). The molecule has 3 aromatic rings. The van der Waals surface area contributed by atoms with E-state index in [1.807, 2.05) is 24.3 Å². The molecule has 2 aliphatic carbocycles. The van der Waals surface area contributed by atoms with Gasteiger partial charge in [0.15, 0.2) is 11.5 Å². The summed E-state index contributed by atoms with van der Waals surface area (Å²) in [5.74, 6) is 6.85. The van der Waals surface area contributed by atoms with E-state index in [2.05, 4.69) is 12.2 Å². The molecule has 3 aliphatic rings. The van der Waals surface area contributed by atoms with Crippen LogP contribution in [0.2, 0.25) is 0 Å². The van der Waals surface area contributed by atoms with E-state index in [-0.39, 0.29) is 23.8 Å². The summed E-state index contributed by atoms with van der Waals surface area (Å²) >= 11 is 0. The topological polar surface area (TPSA) is 78.5 Å². The number of ether oxygens (including phenoxy) is 2. The van der Waals surface area contributed by atoms with Crippen molar-refractivity contribution in [2.75, 3.05) is 18.0 Å². The molecule has 3 N–H and O–H groups in total. The molecule has 0 bridgehead atoms. The predicted octanol–water partition coefficient (Wildman–Crippen LogP) is 3.94. The molecule has 1 amide bonds. The summed E-state index contributed by atoms with van der Waals surface area (Å²) in [5, 5.41) is 3.64. The fourth-order valence-electron chi connectivity index (χ4n) is 4.46. The van der Waals surface area contributed by atoms with Crippen molar-refractivity contribution in [2.45, 2.75) is 43.4 Å². The van der Waals surface area contributed by atoms with Gasteiger partial charge in [0, 0.05) is 22.6 Å². The van der Waals surface area contributed by atoms with Gasteiger partial charge in [-0.1, -0.05) is 13.0 Å². The second kappa shape index (κ2) is 5.68. The van der Waals surface area contributed by atoms with Crippen LogP contribution in [0.25, 0.3) is 10.9 Å². The van der Waals surface area contributed by atoms with E-state index in [9.17, 15) is 9.18 Å². The third-order valence-corrected chi connectivity index (χ3v) is 6.90. The molecule has 2 heterocycles. The number of nitrogens with one attached hydrogen (secondary N) is 1. The van der Waals surface area contributed by atoms with Gasteiger partial charge >= 0.3 is 0 Å². The molecule has 2 saturated carbocycles. The number of nitrogens with two attached hydrogens (primary N) is 1. The van der Waals surface area contributed by atoms with Crippen LogP contribution in [0.15, 0.2) is 36.4 Å². The molecule has 0 radical (unpaired) electrons. The molecular weight excluding hydrogens is 385 g/mol. The number of halogens is 1. The van der Waals surface area contributed by atoms with Crippen LogP contribution in [0.1, 0.15) is 43.9 Å². The zero-order valence-corrected chi connectivity index (χ0v) is 16.6. The predicted molar refractivity (Wildman–Crippen MR) is 111 cm³/mol. The number of benzene rings is 2. The number of nitrogen functional groups attached to an aromatic ring is 1. The van der Waals surface area contributed by atoms with Crippen LogP contribution < -0.4 is 20.6 Å². The monoisotopic (exact) mass is 407 g/mol. The van der Waals surface area contributed by atoms with Gasteiger partial charge in [-0.25, -0.2) is 4.39 Å². The Morgan fingerprint density at radius 2 is 1.87 bits per heavy atom. The first kappa shape index (κ1) is 17.6. The molecule has 7 heteroatoms. The molecule has 0 unspecified atom stereocenters. The van der Waals surface area contributed by atoms with E-state index in [4.69, 9.17) is 15.3 Å². The van der Waals surface area contributed by atoms with E-state index >= 15 is 0 Å².